The molecular formula is C20H26N2O2S. The number of nitrogens with one attached hydrogen (secondary N) is 1. The Morgan fingerprint density at radius 3 is 2.16 bits per heavy atom. The number of nitrogens with zero attached hydrogens (tertiary/aromatic N) is 1. The van der Waals surface area contributed by atoms with Crippen molar-refractivity contribution in [3.8, 4) is 0 Å². The molecule has 0 saturated carbocycles. The van der Waals surface area contributed by atoms with Crippen LogP contribution in [-0.4, -0.2) is 33.0 Å². The van der Waals surface area contributed by atoms with Crippen LogP contribution in [0.25, 0.3) is 0 Å². The number of hydrogen-bond acceptors (Lipinski definition) is 3. The van der Waals surface area contributed by atoms with E-state index in [2.05, 4.69) is 28.7 Å². The van der Waals surface area contributed by atoms with Crippen LogP contribution in [0.2, 0.25) is 0 Å². The minimum Gasteiger partial charge on any atom is -0.295 e. The summed E-state index contributed by atoms with van der Waals surface area (Å²) in [6.45, 7) is 4.68. The fourth-order valence-electron chi connectivity index (χ4n) is 3.34. The van der Waals surface area contributed by atoms with Gasteiger partial charge in [0.25, 0.3) is 0 Å². The smallest absolute Gasteiger partial charge is 0.240 e. The zero-order valence-corrected chi connectivity index (χ0v) is 15.5. The van der Waals surface area contributed by atoms with Crippen molar-refractivity contribution in [2.24, 2.45) is 5.92 Å². The Morgan fingerprint density at radius 2 is 1.56 bits per heavy atom. The minimum atomic E-state index is -3.49. The molecule has 1 N–H and O–H groups in total. The van der Waals surface area contributed by atoms with E-state index < -0.39 is 10.0 Å². The first-order chi connectivity index (χ1) is 12.1. The number of hydrogen-bond donors (Lipinski definition) is 1. The van der Waals surface area contributed by atoms with E-state index >= 15 is 0 Å². The van der Waals surface area contributed by atoms with Gasteiger partial charge in [-0.2, -0.15) is 0 Å². The van der Waals surface area contributed by atoms with E-state index in [1.165, 1.54) is 0 Å². The number of sulfonamides is 1. The van der Waals surface area contributed by atoms with Crippen molar-refractivity contribution in [1.29, 1.82) is 0 Å². The SMILES string of the molecule is CC1CCN([C@@H](CNS(=O)(=O)c2ccccc2)c2ccccc2)CC1. The molecule has 1 atom stereocenters. The standard InChI is InChI=1S/C20H26N2O2S/c1-17-12-14-22(15-13-17)20(18-8-4-2-5-9-18)16-21-25(23,24)19-10-6-3-7-11-19/h2-11,17,20-21H,12-16H2,1H3/t20-/m0/s1. The third-order valence-corrected chi connectivity index (χ3v) is 6.40. The summed E-state index contributed by atoms with van der Waals surface area (Å²) in [5.74, 6) is 0.744. The fourth-order valence-corrected chi connectivity index (χ4v) is 4.40. The maximum Gasteiger partial charge on any atom is 0.240 e. The lowest BCUT2D eigenvalue weighted by Crippen LogP contribution is -2.41. The first-order valence-corrected chi connectivity index (χ1v) is 10.4. The van der Waals surface area contributed by atoms with Crippen LogP contribution in [0.15, 0.2) is 65.6 Å². The van der Waals surface area contributed by atoms with Crippen molar-refractivity contribution in [2.45, 2.75) is 30.7 Å². The maximum atomic E-state index is 12.6. The summed E-state index contributed by atoms with van der Waals surface area (Å²) in [7, 11) is -3.49. The first-order valence-electron chi connectivity index (χ1n) is 8.90. The molecule has 0 aliphatic carbocycles. The van der Waals surface area contributed by atoms with Crippen molar-refractivity contribution in [2.75, 3.05) is 19.6 Å². The van der Waals surface area contributed by atoms with Crippen LogP contribution in [0.4, 0.5) is 0 Å². The van der Waals surface area contributed by atoms with E-state index in [-0.39, 0.29) is 6.04 Å². The molecule has 1 saturated heterocycles. The minimum absolute atomic E-state index is 0.0622. The highest BCUT2D eigenvalue weighted by molar-refractivity contribution is 7.89. The predicted octanol–water partition coefficient (Wildman–Crippen LogP) is 3.44. The highest BCUT2D eigenvalue weighted by atomic mass is 32.2. The Balaban J connectivity index is 1.76. The summed E-state index contributed by atoms with van der Waals surface area (Å²) in [6, 6.07) is 18.8. The molecule has 2 aromatic carbocycles. The lowest BCUT2D eigenvalue weighted by molar-refractivity contribution is 0.139. The second-order valence-electron chi connectivity index (χ2n) is 6.81. The molecule has 0 aromatic heterocycles. The van der Waals surface area contributed by atoms with Crippen molar-refractivity contribution in [3.05, 3.63) is 66.2 Å². The van der Waals surface area contributed by atoms with Gasteiger partial charge >= 0.3 is 0 Å². The molecule has 0 unspecified atom stereocenters. The molecular weight excluding hydrogens is 332 g/mol. The molecule has 1 heterocycles. The largest absolute Gasteiger partial charge is 0.295 e. The quantitative estimate of drug-likeness (QED) is 0.860. The van der Waals surface area contributed by atoms with Gasteiger partial charge in [0.15, 0.2) is 0 Å². The van der Waals surface area contributed by atoms with Gasteiger partial charge in [-0.25, -0.2) is 13.1 Å². The van der Waals surface area contributed by atoms with E-state index in [1.807, 2.05) is 24.3 Å². The second kappa shape index (κ2) is 8.13. The van der Waals surface area contributed by atoms with Gasteiger partial charge in [-0.1, -0.05) is 55.5 Å². The summed E-state index contributed by atoms with van der Waals surface area (Å²) in [4.78, 5) is 2.72. The highest BCUT2D eigenvalue weighted by Crippen LogP contribution is 2.26. The average Bonchev–Trinajstić information content (AvgIpc) is 2.65. The Morgan fingerprint density at radius 1 is 1.00 bits per heavy atom. The fraction of sp³-hybridized carbons (Fsp3) is 0.400. The molecule has 1 fully saturated rings. The van der Waals surface area contributed by atoms with Gasteiger partial charge in [0.2, 0.25) is 10.0 Å². The maximum absolute atomic E-state index is 12.6. The van der Waals surface area contributed by atoms with E-state index in [0.29, 0.717) is 11.4 Å². The number of piperidine rings is 1. The van der Waals surface area contributed by atoms with Crippen LogP contribution in [-0.2, 0) is 10.0 Å². The van der Waals surface area contributed by atoms with Crippen molar-refractivity contribution < 1.29 is 8.42 Å². The molecule has 0 amide bonds. The third kappa shape index (κ3) is 4.69. The molecule has 0 bridgehead atoms. The molecule has 25 heavy (non-hydrogen) atoms. The van der Waals surface area contributed by atoms with Crippen molar-refractivity contribution in [1.82, 2.24) is 9.62 Å². The summed E-state index contributed by atoms with van der Waals surface area (Å²) >= 11 is 0. The molecule has 1 aliphatic heterocycles. The molecule has 4 nitrogen and oxygen atoms in total. The topological polar surface area (TPSA) is 49.4 Å². The highest BCUT2D eigenvalue weighted by Gasteiger charge is 2.26. The van der Waals surface area contributed by atoms with Crippen LogP contribution in [0.1, 0.15) is 31.4 Å². The number of likely N-dealkylation sites (tertiary alicyclic amines) is 1. The van der Waals surface area contributed by atoms with Gasteiger partial charge in [-0.3, -0.25) is 4.90 Å². The monoisotopic (exact) mass is 358 g/mol. The predicted molar refractivity (Wildman–Crippen MR) is 101 cm³/mol. The number of benzene rings is 2. The molecule has 134 valence electrons. The van der Waals surface area contributed by atoms with Gasteiger partial charge in [-0.05, 0) is 49.5 Å². The van der Waals surface area contributed by atoms with Gasteiger partial charge in [0.05, 0.1) is 4.90 Å². The molecule has 0 spiro atoms. The van der Waals surface area contributed by atoms with E-state index in [9.17, 15) is 8.42 Å². The Bertz CT molecular complexity index is 755. The van der Waals surface area contributed by atoms with Crippen LogP contribution < -0.4 is 4.72 Å². The van der Waals surface area contributed by atoms with Gasteiger partial charge in [-0.15, -0.1) is 0 Å². The summed E-state index contributed by atoms with van der Waals surface area (Å²) < 4.78 is 28.0. The van der Waals surface area contributed by atoms with Gasteiger partial charge in [0, 0.05) is 12.6 Å². The molecule has 1 aliphatic rings. The molecule has 5 heteroatoms. The molecule has 2 aromatic rings. The normalized spacial score (nSPS) is 18.1. The Kier molecular flexibility index (Phi) is 5.89. The molecule has 3 rings (SSSR count). The number of rotatable bonds is 6. The zero-order valence-electron chi connectivity index (χ0n) is 14.6. The summed E-state index contributed by atoms with van der Waals surface area (Å²) in [5, 5.41) is 0. The van der Waals surface area contributed by atoms with Crippen LogP contribution in [0.3, 0.4) is 0 Å². The second-order valence-corrected chi connectivity index (χ2v) is 8.58. The lowest BCUT2D eigenvalue weighted by Gasteiger charge is -2.37. The Hall–Kier alpha value is -1.69. The van der Waals surface area contributed by atoms with E-state index in [0.717, 1.165) is 37.4 Å². The zero-order chi connectivity index (χ0) is 17.7. The average molecular weight is 359 g/mol. The summed E-state index contributed by atoms with van der Waals surface area (Å²) in [5.41, 5.74) is 1.16. The summed E-state index contributed by atoms with van der Waals surface area (Å²) in [6.07, 6.45) is 2.32. The van der Waals surface area contributed by atoms with Crippen molar-refractivity contribution >= 4 is 10.0 Å². The molecule has 0 radical (unpaired) electrons. The first kappa shape index (κ1) is 18.1. The van der Waals surface area contributed by atoms with Crippen molar-refractivity contribution in [3.63, 3.8) is 0 Å². The van der Waals surface area contributed by atoms with Crippen LogP contribution in [0.5, 0.6) is 0 Å². The van der Waals surface area contributed by atoms with Gasteiger partial charge in [0.1, 0.15) is 0 Å². The van der Waals surface area contributed by atoms with Gasteiger partial charge < -0.3 is 0 Å². The third-order valence-electron chi connectivity index (χ3n) is 4.96. The lowest BCUT2D eigenvalue weighted by atomic mass is 9.96. The van der Waals surface area contributed by atoms with Crippen LogP contribution in [0, 0.1) is 5.92 Å². The van der Waals surface area contributed by atoms with Crippen LogP contribution >= 0.6 is 0 Å². The van der Waals surface area contributed by atoms with E-state index in [4.69, 9.17) is 0 Å². The van der Waals surface area contributed by atoms with E-state index in [1.54, 1.807) is 24.3 Å². The Labute approximate surface area is 150 Å².